The molecule has 0 amide bonds. The molecule has 3 nitrogen and oxygen atoms in total. The second-order valence-corrected chi connectivity index (χ2v) is 5.92. The molecule has 19 heavy (non-hydrogen) atoms. The maximum atomic E-state index is 5.87. The molecule has 1 heterocycles. The van der Waals surface area contributed by atoms with Crippen molar-refractivity contribution in [2.75, 3.05) is 5.73 Å². The summed E-state index contributed by atoms with van der Waals surface area (Å²) in [5.41, 5.74) is 8.96. The molecule has 1 aliphatic carbocycles. The fourth-order valence-electron chi connectivity index (χ4n) is 3.00. The first-order chi connectivity index (χ1) is 9.19. The molecule has 2 aromatic rings. The molecular formula is C16H23N3. The predicted molar refractivity (Wildman–Crippen MR) is 80.2 cm³/mol. The number of aryl methyl sites for hydroxylation is 1. The van der Waals surface area contributed by atoms with Crippen molar-refractivity contribution >= 4 is 16.7 Å². The van der Waals surface area contributed by atoms with Crippen LogP contribution in [0.15, 0.2) is 18.2 Å². The van der Waals surface area contributed by atoms with Crippen LogP contribution in [0.2, 0.25) is 0 Å². The summed E-state index contributed by atoms with van der Waals surface area (Å²) >= 11 is 0. The van der Waals surface area contributed by atoms with Gasteiger partial charge in [0, 0.05) is 18.2 Å². The van der Waals surface area contributed by atoms with Gasteiger partial charge in [-0.3, -0.25) is 0 Å². The first kappa shape index (κ1) is 12.5. The van der Waals surface area contributed by atoms with Crippen molar-refractivity contribution in [1.29, 1.82) is 0 Å². The standard InChI is InChI=1S/C16H23N3/c1-3-4-16-18-14-10-13(17)7-8-15(14)19(16)11(2)9-12-5-6-12/h7-8,10-12H,3-6,9,17H2,1-2H3. The molecule has 102 valence electrons. The number of anilines is 1. The Labute approximate surface area is 114 Å². The number of nitrogens with zero attached hydrogens (tertiary/aromatic N) is 2. The van der Waals surface area contributed by atoms with E-state index >= 15 is 0 Å². The quantitative estimate of drug-likeness (QED) is 0.825. The van der Waals surface area contributed by atoms with Gasteiger partial charge in [-0.2, -0.15) is 0 Å². The smallest absolute Gasteiger partial charge is 0.110 e. The van der Waals surface area contributed by atoms with E-state index in [1.807, 2.05) is 12.1 Å². The largest absolute Gasteiger partial charge is 0.399 e. The molecule has 2 N–H and O–H groups in total. The van der Waals surface area contributed by atoms with Gasteiger partial charge in [0.2, 0.25) is 0 Å². The van der Waals surface area contributed by atoms with E-state index in [9.17, 15) is 0 Å². The Kier molecular flexibility index (Phi) is 3.21. The Balaban J connectivity index is 2.04. The van der Waals surface area contributed by atoms with Crippen molar-refractivity contribution in [3.8, 4) is 0 Å². The number of imidazole rings is 1. The number of hydrogen-bond acceptors (Lipinski definition) is 2. The van der Waals surface area contributed by atoms with Gasteiger partial charge in [0.25, 0.3) is 0 Å². The van der Waals surface area contributed by atoms with Crippen LogP contribution in [0.4, 0.5) is 5.69 Å². The highest BCUT2D eigenvalue weighted by Crippen LogP contribution is 2.38. The molecule has 1 aromatic carbocycles. The molecule has 1 aromatic heterocycles. The van der Waals surface area contributed by atoms with Crippen LogP contribution in [-0.2, 0) is 6.42 Å². The van der Waals surface area contributed by atoms with Gasteiger partial charge in [0.1, 0.15) is 5.82 Å². The maximum Gasteiger partial charge on any atom is 0.110 e. The van der Waals surface area contributed by atoms with Gasteiger partial charge in [0.15, 0.2) is 0 Å². The number of hydrogen-bond donors (Lipinski definition) is 1. The summed E-state index contributed by atoms with van der Waals surface area (Å²) in [4.78, 5) is 4.79. The Bertz CT molecular complexity index is 581. The average molecular weight is 257 g/mol. The number of benzene rings is 1. The van der Waals surface area contributed by atoms with E-state index in [0.717, 1.165) is 30.0 Å². The molecule has 0 bridgehead atoms. The summed E-state index contributed by atoms with van der Waals surface area (Å²) in [5.74, 6) is 2.16. The molecule has 3 rings (SSSR count). The first-order valence-corrected chi connectivity index (χ1v) is 7.45. The monoisotopic (exact) mass is 257 g/mol. The highest BCUT2D eigenvalue weighted by Gasteiger charge is 2.26. The van der Waals surface area contributed by atoms with Gasteiger partial charge in [-0.1, -0.05) is 19.8 Å². The zero-order valence-electron chi connectivity index (χ0n) is 11.9. The molecule has 1 unspecified atom stereocenters. The lowest BCUT2D eigenvalue weighted by molar-refractivity contribution is 0.471. The van der Waals surface area contributed by atoms with Crippen molar-refractivity contribution in [1.82, 2.24) is 9.55 Å². The van der Waals surface area contributed by atoms with Crippen LogP contribution in [0.3, 0.4) is 0 Å². The molecule has 3 heteroatoms. The van der Waals surface area contributed by atoms with Crippen LogP contribution >= 0.6 is 0 Å². The lowest BCUT2D eigenvalue weighted by Gasteiger charge is -2.17. The van der Waals surface area contributed by atoms with E-state index in [-0.39, 0.29) is 0 Å². The van der Waals surface area contributed by atoms with E-state index in [4.69, 9.17) is 10.7 Å². The van der Waals surface area contributed by atoms with Crippen LogP contribution in [0, 0.1) is 5.92 Å². The van der Waals surface area contributed by atoms with Gasteiger partial charge in [0.05, 0.1) is 11.0 Å². The van der Waals surface area contributed by atoms with Crippen LogP contribution in [0.5, 0.6) is 0 Å². The van der Waals surface area contributed by atoms with Crippen LogP contribution in [-0.4, -0.2) is 9.55 Å². The van der Waals surface area contributed by atoms with Crippen LogP contribution in [0.25, 0.3) is 11.0 Å². The van der Waals surface area contributed by atoms with E-state index in [1.54, 1.807) is 0 Å². The molecule has 1 fully saturated rings. The van der Waals surface area contributed by atoms with Crippen LogP contribution in [0.1, 0.15) is 51.4 Å². The third kappa shape index (κ3) is 2.46. The molecule has 0 radical (unpaired) electrons. The number of nitrogen functional groups attached to an aromatic ring is 1. The Morgan fingerprint density at radius 3 is 2.89 bits per heavy atom. The zero-order valence-corrected chi connectivity index (χ0v) is 11.9. The molecule has 1 aliphatic rings. The fourth-order valence-corrected chi connectivity index (χ4v) is 3.00. The van der Waals surface area contributed by atoms with E-state index in [1.165, 1.54) is 30.6 Å². The minimum Gasteiger partial charge on any atom is -0.399 e. The highest BCUT2D eigenvalue weighted by molar-refractivity contribution is 5.79. The normalized spacial score (nSPS) is 16.9. The number of nitrogens with two attached hydrogens (primary N) is 1. The summed E-state index contributed by atoms with van der Waals surface area (Å²) in [6.45, 7) is 4.54. The van der Waals surface area contributed by atoms with Crippen molar-refractivity contribution in [3.63, 3.8) is 0 Å². The molecule has 0 saturated heterocycles. The average Bonchev–Trinajstić information content (AvgIpc) is 3.09. The molecule has 1 atom stereocenters. The molecular weight excluding hydrogens is 234 g/mol. The Morgan fingerprint density at radius 1 is 1.42 bits per heavy atom. The first-order valence-electron chi connectivity index (χ1n) is 7.45. The summed E-state index contributed by atoms with van der Waals surface area (Å²) in [5, 5.41) is 0. The van der Waals surface area contributed by atoms with Crippen molar-refractivity contribution in [2.45, 2.75) is 52.0 Å². The lowest BCUT2D eigenvalue weighted by atomic mass is 10.1. The molecule has 0 spiro atoms. The number of fused-ring (bicyclic) bond motifs is 1. The summed E-state index contributed by atoms with van der Waals surface area (Å²) in [6.07, 6.45) is 6.28. The van der Waals surface area contributed by atoms with Crippen molar-refractivity contribution in [2.24, 2.45) is 5.92 Å². The van der Waals surface area contributed by atoms with Gasteiger partial charge in [-0.25, -0.2) is 4.98 Å². The lowest BCUT2D eigenvalue weighted by Crippen LogP contribution is -2.10. The summed E-state index contributed by atoms with van der Waals surface area (Å²) in [6, 6.07) is 6.65. The highest BCUT2D eigenvalue weighted by atomic mass is 15.1. The third-order valence-electron chi connectivity index (χ3n) is 4.07. The minimum atomic E-state index is 0.544. The zero-order chi connectivity index (χ0) is 13.4. The van der Waals surface area contributed by atoms with Crippen molar-refractivity contribution in [3.05, 3.63) is 24.0 Å². The SMILES string of the molecule is CCCc1nc2cc(N)ccc2n1C(C)CC1CC1. The summed E-state index contributed by atoms with van der Waals surface area (Å²) in [7, 11) is 0. The third-order valence-corrected chi connectivity index (χ3v) is 4.07. The topological polar surface area (TPSA) is 43.8 Å². The van der Waals surface area contributed by atoms with Crippen LogP contribution < -0.4 is 5.73 Å². The van der Waals surface area contributed by atoms with E-state index < -0.39 is 0 Å². The number of rotatable bonds is 5. The van der Waals surface area contributed by atoms with Gasteiger partial charge < -0.3 is 10.3 Å². The van der Waals surface area contributed by atoms with E-state index in [0.29, 0.717) is 6.04 Å². The van der Waals surface area contributed by atoms with Crippen molar-refractivity contribution < 1.29 is 0 Å². The molecule has 1 saturated carbocycles. The summed E-state index contributed by atoms with van der Waals surface area (Å²) < 4.78 is 2.44. The second kappa shape index (κ2) is 4.87. The minimum absolute atomic E-state index is 0.544. The fraction of sp³-hybridized carbons (Fsp3) is 0.562. The van der Waals surface area contributed by atoms with Gasteiger partial charge >= 0.3 is 0 Å². The Morgan fingerprint density at radius 2 is 2.21 bits per heavy atom. The van der Waals surface area contributed by atoms with Gasteiger partial charge in [-0.05, 0) is 43.9 Å². The molecule has 0 aliphatic heterocycles. The number of aromatic nitrogens is 2. The Hall–Kier alpha value is -1.51. The second-order valence-electron chi connectivity index (χ2n) is 5.92. The predicted octanol–water partition coefficient (Wildman–Crippen LogP) is 3.93. The van der Waals surface area contributed by atoms with Gasteiger partial charge in [-0.15, -0.1) is 0 Å². The maximum absolute atomic E-state index is 5.87. The van der Waals surface area contributed by atoms with E-state index in [2.05, 4.69) is 24.5 Å².